The molecule has 1 amide bonds. The van der Waals surface area contributed by atoms with Crippen molar-refractivity contribution in [2.75, 3.05) is 18.8 Å². The molecule has 0 aromatic carbocycles. The molecule has 0 spiro atoms. The quantitative estimate of drug-likeness (QED) is 0.644. The maximum atomic E-state index is 11.5. The minimum absolute atomic E-state index is 0. The highest BCUT2D eigenvalue weighted by molar-refractivity contribution is 7.89. The van der Waals surface area contributed by atoms with Crippen LogP contribution in [0.2, 0.25) is 0 Å². The van der Waals surface area contributed by atoms with Crippen LogP contribution in [0.5, 0.6) is 0 Å². The Bertz CT molecular complexity index is 334. The molecule has 16 heavy (non-hydrogen) atoms. The van der Waals surface area contributed by atoms with Crippen LogP contribution in [-0.2, 0) is 14.8 Å². The van der Waals surface area contributed by atoms with Crippen molar-refractivity contribution in [3.8, 4) is 0 Å². The molecule has 1 heterocycles. The maximum absolute atomic E-state index is 11.5. The van der Waals surface area contributed by atoms with Crippen LogP contribution >= 0.6 is 0 Å². The number of cyclic esters (lactones) is 1. The Balaban J connectivity index is 0.00000256. The number of unbranched alkanes of at least 4 members (excludes halogenated alkanes) is 2. The highest BCUT2D eigenvalue weighted by Crippen LogP contribution is 2.01. The first-order chi connectivity index (χ1) is 7.53. The summed E-state index contributed by atoms with van der Waals surface area (Å²) < 4.78 is 30.2. The summed E-state index contributed by atoms with van der Waals surface area (Å²) in [5.74, 6) is 0.134. The molecule has 6 nitrogen and oxygen atoms in total. The van der Waals surface area contributed by atoms with E-state index in [0.29, 0.717) is 13.0 Å². The van der Waals surface area contributed by atoms with Crippen LogP contribution in [-0.4, -0.2) is 39.5 Å². The molecule has 0 saturated carbocycles. The zero-order valence-electron chi connectivity index (χ0n) is 9.36. The number of alkyl carbamates (subject to hydrolysis) is 1. The summed E-state index contributed by atoms with van der Waals surface area (Å²) >= 11 is 0. The van der Waals surface area contributed by atoms with E-state index in [0.717, 1.165) is 12.8 Å². The van der Waals surface area contributed by atoms with Gasteiger partial charge in [0.25, 0.3) is 0 Å². The summed E-state index contributed by atoms with van der Waals surface area (Å²) in [5.41, 5.74) is 0. The second kappa shape index (κ2) is 6.05. The smallest absolute Gasteiger partial charge is 0.407 e. The van der Waals surface area contributed by atoms with Gasteiger partial charge in [-0.2, -0.15) is 0 Å². The van der Waals surface area contributed by atoms with E-state index in [4.69, 9.17) is 4.74 Å². The fraction of sp³-hybridized carbons (Fsp3) is 0.889. The minimum atomic E-state index is -3.23. The number of amides is 1. The van der Waals surface area contributed by atoms with Gasteiger partial charge in [0.05, 0.1) is 12.3 Å². The Kier molecular flexibility index (Phi) is 5.01. The van der Waals surface area contributed by atoms with Crippen LogP contribution in [0.25, 0.3) is 0 Å². The molecule has 96 valence electrons. The number of carbonyl (C=O) groups is 1. The zero-order chi connectivity index (χ0) is 12.0. The topological polar surface area (TPSA) is 84.5 Å². The molecule has 0 aromatic heterocycles. The molecule has 7 heteroatoms. The largest absolute Gasteiger partial charge is 0.443 e. The molecule has 1 saturated heterocycles. The van der Waals surface area contributed by atoms with E-state index in [-0.39, 0.29) is 13.7 Å². The third-order valence-electron chi connectivity index (χ3n) is 2.30. The minimum Gasteiger partial charge on any atom is -0.443 e. The molecule has 1 rings (SSSR count). The van der Waals surface area contributed by atoms with Crippen molar-refractivity contribution < 1.29 is 19.4 Å². The zero-order valence-corrected chi connectivity index (χ0v) is 10.2. The third-order valence-corrected chi connectivity index (χ3v) is 3.73. The Hall–Kier alpha value is -0.820. The van der Waals surface area contributed by atoms with E-state index in [1.54, 1.807) is 0 Å². The summed E-state index contributed by atoms with van der Waals surface area (Å²) in [6.07, 6.45) is 1.67. The monoisotopic (exact) mass is 252 g/mol. The fourth-order valence-corrected chi connectivity index (χ4v) is 2.55. The van der Waals surface area contributed by atoms with Gasteiger partial charge in [-0.05, 0) is 6.42 Å². The summed E-state index contributed by atoms with van der Waals surface area (Å²) in [6.45, 7) is 2.52. The van der Waals surface area contributed by atoms with Gasteiger partial charge in [-0.1, -0.05) is 19.8 Å². The molecule has 1 aliphatic heterocycles. The average Bonchev–Trinajstić information content (AvgIpc) is 2.62. The highest BCUT2D eigenvalue weighted by atomic mass is 32.2. The van der Waals surface area contributed by atoms with E-state index in [1.165, 1.54) is 0 Å². The van der Waals surface area contributed by atoms with Gasteiger partial charge in [-0.3, -0.25) is 0 Å². The number of ether oxygens (including phenoxy) is 1. The molecule has 0 bridgehead atoms. The Labute approximate surface area is 97.3 Å². The Morgan fingerprint density at radius 2 is 2.31 bits per heavy atom. The molecule has 0 aromatic rings. The first-order valence-electron chi connectivity index (χ1n) is 5.45. The van der Waals surface area contributed by atoms with Gasteiger partial charge in [-0.15, -0.1) is 0 Å². The molecular formula is C9H20N2O4S. The summed E-state index contributed by atoms with van der Waals surface area (Å²) in [7, 11) is -3.23. The summed E-state index contributed by atoms with van der Waals surface area (Å²) in [5, 5.41) is 2.46. The van der Waals surface area contributed by atoms with Crippen LogP contribution in [0.15, 0.2) is 0 Å². The lowest BCUT2D eigenvalue weighted by atomic mass is 10.3. The molecule has 0 aliphatic carbocycles. The second-order valence-electron chi connectivity index (χ2n) is 3.78. The highest BCUT2D eigenvalue weighted by Gasteiger charge is 2.23. The summed E-state index contributed by atoms with van der Waals surface area (Å²) in [6, 6.07) is 0. The van der Waals surface area contributed by atoms with Crippen LogP contribution in [0, 0.1) is 0 Å². The van der Waals surface area contributed by atoms with Crippen molar-refractivity contribution in [1.82, 2.24) is 10.0 Å². The number of hydrogen-bond donors (Lipinski definition) is 2. The van der Waals surface area contributed by atoms with E-state index in [9.17, 15) is 13.2 Å². The number of hydrogen-bond acceptors (Lipinski definition) is 4. The van der Waals surface area contributed by atoms with Gasteiger partial charge in [0.15, 0.2) is 0 Å². The Morgan fingerprint density at radius 1 is 1.56 bits per heavy atom. The van der Waals surface area contributed by atoms with Crippen LogP contribution in [0.1, 0.15) is 27.6 Å². The van der Waals surface area contributed by atoms with Crippen molar-refractivity contribution in [2.45, 2.75) is 32.3 Å². The van der Waals surface area contributed by atoms with E-state index < -0.39 is 22.2 Å². The lowest BCUT2D eigenvalue weighted by Gasteiger charge is -2.09. The van der Waals surface area contributed by atoms with Crippen molar-refractivity contribution in [1.29, 1.82) is 0 Å². The number of nitrogens with one attached hydrogen (secondary N) is 2. The van der Waals surface area contributed by atoms with Crippen molar-refractivity contribution >= 4 is 16.1 Å². The number of carbonyl (C=O) groups excluding carboxylic acids is 1. The van der Waals surface area contributed by atoms with Crippen molar-refractivity contribution in [2.24, 2.45) is 0 Å². The molecule has 0 radical (unpaired) electrons. The van der Waals surface area contributed by atoms with Gasteiger partial charge in [0.1, 0.15) is 6.10 Å². The van der Waals surface area contributed by atoms with Gasteiger partial charge in [-0.25, -0.2) is 17.9 Å². The fourth-order valence-electron chi connectivity index (χ4n) is 1.38. The first-order valence-corrected chi connectivity index (χ1v) is 7.10. The van der Waals surface area contributed by atoms with Gasteiger partial charge < -0.3 is 10.1 Å². The lowest BCUT2D eigenvalue weighted by Crippen LogP contribution is -2.35. The third kappa shape index (κ3) is 4.80. The van der Waals surface area contributed by atoms with E-state index in [2.05, 4.69) is 10.0 Å². The van der Waals surface area contributed by atoms with Gasteiger partial charge in [0.2, 0.25) is 10.0 Å². The first kappa shape index (κ1) is 13.2. The number of sulfonamides is 1. The summed E-state index contributed by atoms with van der Waals surface area (Å²) in [4.78, 5) is 10.7. The molecule has 1 aliphatic rings. The lowest BCUT2D eigenvalue weighted by molar-refractivity contribution is 0.142. The van der Waals surface area contributed by atoms with Crippen LogP contribution in [0.3, 0.4) is 0 Å². The average molecular weight is 252 g/mol. The predicted octanol–water partition coefficient (Wildman–Crippen LogP) is 0.450. The molecule has 1 fully saturated rings. The maximum Gasteiger partial charge on any atom is 0.407 e. The van der Waals surface area contributed by atoms with E-state index in [1.807, 2.05) is 6.92 Å². The molecule has 0 unspecified atom stereocenters. The van der Waals surface area contributed by atoms with Crippen LogP contribution < -0.4 is 10.0 Å². The van der Waals surface area contributed by atoms with Crippen LogP contribution in [0.4, 0.5) is 4.79 Å². The second-order valence-corrected chi connectivity index (χ2v) is 5.71. The standard InChI is InChI=1S/C9H18N2O4S.H2/c1-2-3-4-5-16(13,14)11-7-8-6-10-9(12)15-8;/h8,11H,2-7H2,1H3,(H,10,12);1H/t8-;/m1./s1. The van der Waals surface area contributed by atoms with Gasteiger partial charge >= 0.3 is 6.09 Å². The van der Waals surface area contributed by atoms with Gasteiger partial charge in [0, 0.05) is 7.97 Å². The normalized spacial score (nSPS) is 20.6. The SMILES string of the molecule is CCCCCS(=O)(=O)NC[C@H]1CNC(=O)O1.[HH]. The molecule has 1 atom stereocenters. The molecule has 2 N–H and O–H groups in total. The number of rotatable bonds is 7. The van der Waals surface area contributed by atoms with Crippen molar-refractivity contribution in [3.05, 3.63) is 0 Å². The Morgan fingerprint density at radius 3 is 2.88 bits per heavy atom. The molecular weight excluding hydrogens is 232 g/mol. The van der Waals surface area contributed by atoms with E-state index >= 15 is 0 Å². The predicted molar refractivity (Wildman–Crippen MR) is 61.7 cm³/mol. The van der Waals surface area contributed by atoms with Crippen molar-refractivity contribution in [3.63, 3.8) is 0 Å².